The smallest absolute Gasteiger partial charge is 0.377 e. The summed E-state index contributed by atoms with van der Waals surface area (Å²) in [5.74, 6) is 0. The number of phosphoric ester groups is 1. The molecule has 0 saturated carbocycles. The van der Waals surface area contributed by atoms with Crippen molar-refractivity contribution >= 4 is 7.82 Å². The van der Waals surface area contributed by atoms with Gasteiger partial charge >= 0.3 is 7.82 Å². The molecule has 6 heteroatoms. The van der Waals surface area contributed by atoms with E-state index in [1.165, 1.54) is 0 Å². The number of ether oxygens (including phenoxy) is 1. The van der Waals surface area contributed by atoms with Crippen LogP contribution in [0.5, 0.6) is 0 Å². The minimum Gasteiger partial charge on any atom is -0.377 e. The lowest BCUT2D eigenvalue weighted by atomic mass is 10.2. The third-order valence-corrected chi connectivity index (χ3v) is 2.31. The van der Waals surface area contributed by atoms with E-state index >= 15 is 0 Å². The molecule has 5 nitrogen and oxygen atoms in total. The first-order valence-corrected chi connectivity index (χ1v) is 6.87. The Morgan fingerprint density at radius 3 is 2.25 bits per heavy atom. The summed E-state index contributed by atoms with van der Waals surface area (Å²) in [6.07, 6.45) is 3.46. The van der Waals surface area contributed by atoms with Gasteiger partial charge in [0.15, 0.2) is 0 Å². The molecule has 0 aromatic rings. The van der Waals surface area contributed by atoms with Crippen LogP contribution in [-0.4, -0.2) is 29.6 Å². The van der Waals surface area contributed by atoms with Crippen molar-refractivity contribution in [2.75, 3.05) is 19.8 Å². The normalized spacial score (nSPS) is 11.7. The third-order valence-electron chi connectivity index (χ3n) is 1.79. The molecule has 0 aromatic carbocycles. The number of hydrogen-bond donors (Lipinski definition) is 2. The van der Waals surface area contributed by atoms with Crippen molar-refractivity contribution in [1.29, 1.82) is 0 Å². The topological polar surface area (TPSA) is 76.0 Å². The van der Waals surface area contributed by atoms with Crippen LogP contribution in [0.15, 0.2) is 12.2 Å². The standard InChI is InChI=1S/C10H21O5P/c1-10(2)9-14-7-5-3-4-6-8-15-16(11,12)13/h1,3-9H2,2H3,(H2,11,12,13). The van der Waals surface area contributed by atoms with Crippen molar-refractivity contribution in [3.8, 4) is 0 Å². The van der Waals surface area contributed by atoms with Crippen LogP contribution < -0.4 is 0 Å². The van der Waals surface area contributed by atoms with Crippen LogP contribution in [0.4, 0.5) is 0 Å². The molecule has 0 aromatic heterocycles. The Bertz CT molecular complexity index is 235. The third kappa shape index (κ3) is 13.8. The van der Waals surface area contributed by atoms with Crippen LogP contribution in [0.2, 0.25) is 0 Å². The maximum atomic E-state index is 10.3. The first kappa shape index (κ1) is 15.8. The molecule has 0 fully saturated rings. The molecule has 0 atom stereocenters. The number of rotatable bonds is 10. The van der Waals surface area contributed by atoms with Gasteiger partial charge in [-0.05, 0) is 19.8 Å². The van der Waals surface area contributed by atoms with Crippen LogP contribution in [-0.2, 0) is 13.8 Å². The fourth-order valence-corrected chi connectivity index (χ4v) is 1.46. The van der Waals surface area contributed by atoms with Gasteiger partial charge in [0, 0.05) is 6.61 Å². The second kappa shape index (κ2) is 8.90. The Morgan fingerprint density at radius 2 is 1.75 bits per heavy atom. The lowest BCUT2D eigenvalue weighted by Gasteiger charge is -2.05. The first-order chi connectivity index (χ1) is 7.42. The highest BCUT2D eigenvalue weighted by Crippen LogP contribution is 2.35. The Morgan fingerprint density at radius 1 is 1.19 bits per heavy atom. The highest BCUT2D eigenvalue weighted by Gasteiger charge is 2.12. The average Bonchev–Trinajstić information content (AvgIpc) is 2.13. The van der Waals surface area contributed by atoms with E-state index in [4.69, 9.17) is 14.5 Å². The Balaban J connectivity index is 3.10. The van der Waals surface area contributed by atoms with Crippen LogP contribution in [0.25, 0.3) is 0 Å². The predicted octanol–water partition coefficient (Wildman–Crippen LogP) is 2.25. The zero-order valence-electron chi connectivity index (χ0n) is 9.72. The van der Waals surface area contributed by atoms with Crippen molar-refractivity contribution in [3.05, 3.63) is 12.2 Å². The van der Waals surface area contributed by atoms with E-state index in [-0.39, 0.29) is 6.61 Å². The summed E-state index contributed by atoms with van der Waals surface area (Å²) < 4.78 is 19.9. The van der Waals surface area contributed by atoms with Gasteiger partial charge in [0.1, 0.15) is 0 Å². The molecule has 0 aliphatic carbocycles. The number of hydrogen-bond acceptors (Lipinski definition) is 3. The SMILES string of the molecule is C=C(C)COCCCCCCOP(=O)(O)O. The van der Waals surface area contributed by atoms with Gasteiger partial charge in [0.2, 0.25) is 0 Å². The molecule has 0 amide bonds. The lowest BCUT2D eigenvalue weighted by Crippen LogP contribution is -1.98. The Kier molecular flexibility index (Phi) is 8.80. The molecule has 0 heterocycles. The van der Waals surface area contributed by atoms with Crippen molar-refractivity contribution in [2.45, 2.75) is 32.6 Å². The van der Waals surface area contributed by atoms with E-state index in [0.717, 1.165) is 24.8 Å². The van der Waals surface area contributed by atoms with E-state index in [1.54, 1.807) is 0 Å². The zero-order chi connectivity index (χ0) is 12.4. The average molecular weight is 252 g/mol. The first-order valence-electron chi connectivity index (χ1n) is 5.34. The second-order valence-electron chi connectivity index (χ2n) is 3.75. The van der Waals surface area contributed by atoms with Crippen molar-refractivity contribution in [2.24, 2.45) is 0 Å². The minimum atomic E-state index is -4.28. The van der Waals surface area contributed by atoms with E-state index < -0.39 is 7.82 Å². The molecule has 16 heavy (non-hydrogen) atoms. The molecule has 2 N–H and O–H groups in total. The van der Waals surface area contributed by atoms with Crippen LogP contribution in [0.1, 0.15) is 32.6 Å². The maximum absolute atomic E-state index is 10.3. The van der Waals surface area contributed by atoms with Crippen molar-refractivity contribution in [1.82, 2.24) is 0 Å². The van der Waals surface area contributed by atoms with Gasteiger partial charge in [-0.1, -0.05) is 25.0 Å². The van der Waals surface area contributed by atoms with Crippen molar-refractivity contribution < 1.29 is 23.6 Å². The summed E-state index contributed by atoms with van der Waals surface area (Å²) in [5, 5.41) is 0. The molecular formula is C10H21O5P. The predicted molar refractivity (Wildman–Crippen MR) is 62.1 cm³/mol. The van der Waals surface area contributed by atoms with Gasteiger partial charge in [-0.3, -0.25) is 4.52 Å². The highest BCUT2D eigenvalue weighted by atomic mass is 31.2. The molecule has 96 valence electrons. The molecule has 0 aliphatic heterocycles. The van der Waals surface area contributed by atoms with Gasteiger partial charge < -0.3 is 14.5 Å². The Labute approximate surface area is 96.7 Å². The summed E-state index contributed by atoms with van der Waals surface area (Å²) in [5.41, 5.74) is 1.01. The fourth-order valence-electron chi connectivity index (χ4n) is 1.09. The second-order valence-corrected chi connectivity index (χ2v) is 4.99. The molecule has 0 saturated heterocycles. The van der Waals surface area contributed by atoms with Crippen LogP contribution >= 0.6 is 7.82 Å². The van der Waals surface area contributed by atoms with Crippen LogP contribution in [0, 0.1) is 0 Å². The van der Waals surface area contributed by atoms with E-state index in [2.05, 4.69) is 11.1 Å². The van der Waals surface area contributed by atoms with Gasteiger partial charge in [-0.2, -0.15) is 0 Å². The molecule has 0 aliphatic rings. The summed E-state index contributed by atoms with van der Waals surface area (Å²) in [6, 6.07) is 0. The van der Waals surface area contributed by atoms with Gasteiger partial charge in [0.25, 0.3) is 0 Å². The number of unbranched alkanes of at least 4 members (excludes halogenated alkanes) is 3. The summed E-state index contributed by atoms with van der Waals surface area (Å²) in [4.78, 5) is 16.8. The summed E-state index contributed by atoms with van der Waals surface area (Å²) in [6.45, 7) is 7.04. The van der Waals surface area contributed by atoms with Gasteiger partial charge in [-0.15, -0.1) is 0 Å². The fraction of sp³-hybridized carbons (Fsp3) is 0.800. The molecular weight excluding hydrogens is 231 g/mol. The van der Waals surface area contributed by atoms with E-state index in [9.17, 15) is 4.57 Å². The highest BCUT2D eigenvalue weighted by molar-refractivity contribution is 7.46. The number of phosphoric acid groups is 1. The molecule has 0 bridgehead atoms. The largest absolute Gasteiger partial charge is 0.469 e. The monoisotopic (exact) mass is 252 g/mol. The quantitative estimate of drug-likeness (QED) is 0.354. The summed E-state index contributed by atoms with van der Waals surface area (Å²) in [7, 11) is -4.28. The minimum absolute atomic E-state index is 0.108. The van der Waals surface area contributed by atoms with Crippen LogP contribution in [0.3, 0.4) is 0 Å². The Hall–Kier alpha value is -0.190. The molecule has 0 spiro atoms. The molecule has 0 unspecified atom stereocenters. The lowest BCUT2D eigenvalue weighted by molar-refractivity contribution is 0.150. The molecule has 0 radical (unpaired) electrons. The van der Waals surface area contributed by atoms with Gasteiger partial charge in [0.05, 0.1) is 13.2 Å². The summed E-state index contributed by atoms with van der Waals surface area (Å²) >= 11 is 0. The maximum Gasteiger partial charge on any atom is 0.469 e. The van der Waals surface area contributed by atoms with Gasteiger partial charge in [-0.25, -0.2) is 4.57 Å². The van der Waals surface area contributed by atoms with Crippen molar-refractivity contribution in [3.63, 3.8) is 0 Å². The van der Waals surface area contributed by atoms with E-state index in [0.29, 0.717) is 19.6 Å². The van der Waals surface area contributed by atoms with E-state index in [1.807, 2.05) is 6.92 Å². The molecule has 0 rings (SSSR count). The zero-order valence-corrected chi connectivity index (χ0v) is 10.6.